The third-order valence-electron chi connectivity index (χ3n) is 2.16. The van der Waals surface area contributed by atoms with Gasteiger partial charge in [-0.3, -0.25) is 0 Å². The van der Waals surface area contributed by atoms with Crippen LogP contribution in [0.15, 0.2) is 18.2 Å². The first-order valence-corrected chi connectivity index (χ1v) is 5.93. The third-order valence-corrected chi connectivity index (χ3v) is 2.16. The van der Waals surface area contributed by atoms with Crippen molar-refractivity contribution in [2.24, 2.45) is 0 Å². The van der Waals surface area contributed by atoms with E-state index >= 15 is 0 Å². The number of hydrogen-bond acceptors (Lipinski definition) is 3. The first-order chi connectivity index (χ1) is 7.61. The molecular formula is C13H22N2O. The van der Waals surface area contributed by atoms with Crippen molar-refractivity contribution in [2.75, 3.05) is 17.6 Å². The lowest BCUT2D eigenvalue weighted by molar-refractivity contribution is 0.242. The van der Waals surface area contributed by atoms with Gasteiger partial charge in [-0.2, -0.15) is 0 Å². The molecule has 3 nitrogen and oxygen atoms in total. The van der Waals surface area contributed by atoms with Crippen molar-refractivity contribution in [3.63, 3.8) is 0 Å². The van der Waals surface area contributed by atoms with Gasteiger partial charge in [-0.15, -0.1) is 0 Å². The van der Waals surface area contributed by atoms with Crippen molar-refractivity contribution in [1.29, 1.82) is 0 Å². The smallest absolute Gasteiger partial charge is 0.123 e. The van der Waals surface area contributed by atoms with E-state index in [0.29, 0.717) is 0 Å². The number of benzene rings is 1. The highest BCUT2D eigenvalue weighted by Gasteiger charge is 2.01. The molecule has 0 heterocycles. The molecule has 0 aromatic heterocycles. The summed E-state index contributed by atoms with van der Waals surface area (Å²) in [6.45, 7) is 7.16. The van der Waals surface area contributed by atoms with Crippen LogP contribution in [0.4, 0.5) is 11.4 Å². The number of nitrogens with two attached hydrogens (primary N) is 1. The summed E-state index contributed by atoms with van der Waals surface area (Å²) in [5.74, 6) is 0.828. The molecule has 90 valence electrons. The molecule has 0 aliphatic carbocycles. The summed E-state index contributed by atoms with van der Waals surface area (Å²) >= 11 is 0. The van der Waals surface area contributed by atoms with Crippen molar-refractivity contribution in [2.45, 2.75) is 39.7 Å². The lowest BCUT2D eigenvalue weighted by atomic mass is 10.2. The maximum atomic E-state index is 5.82. The largest absolute Gasteiger partial charge is 0.491 e. The second-order valence-electron chi connectivity index (χ2n) is 4.24. The quantitative estimate of drug-likeness (QED) is 0.573. The molecule has 0 atom stereocenters. The molecule has 0 amide bonds. The maximum Gasteiger partial charge on any atom is 0.123 e. The Labute approximate surface area is 98.0 Å². The number of rotatable bonds is 6. The monoisotopic (exact) mass is 222 g/mol. The first-order valence-electron chi connectivity index (χ1n) is 5.93. The highest BCUT2D eigenvalue weighted by Crippen LogP contribution is 2.23. The zero-order valence-electron chi connectivity index (χ0n) is 10.4. The number of nitrogens with one attached hydrogen (secondary N) is 1. The Balaban J connectivity index is 2.65. The Morgan fingerprint density at radius 3 is 2.69 bits per heavy atom. The van der Waals surface area contributed by atoms with Crippen LogP contribution in [0, 0.1) is 0 Å². The third kappa shape index (κ3) is 4.43. The van der Waals surface area contributed by atoms with Gasteiger partial charge >= 0.3 is 0 Å². The summed E-state index contributed by atoms with van der Waals surface area (Å²) in [6.07, 6.45) is 2.52. The zero-order chi connectivity index (χ0) is 12.0. The van der Waals surface area contributed by atoms with Crippen LogP contribution in [0.5, 0.6) is 5.75 Å². The highest BCUT2D eigenvalue weighted by molar-refractivity contribution is 5.59. The van der Waals surface area contributed by atoms with Crippen LogP contribution in [0.3, 0.4) is 0 Å². The van der Waals surface area contributed by atoms with Gasteiger partial charge in [0.2, 0.25) is 0 Å². The van der Waals surface area contributed by atoms with Gasteiger partial charge in [0.15, 0.2) is 0 Å². The predicted octanol–water partition coefficient (Wildman–Crippen LogP) is 3.27. The van der Waals surface area contributed by atoms with Crippen LogP contribution < -0.4 is 15.8 Å². The minimum atomic E-state index is 0.172. The lowest BCUT2D eigenvalue weighted by Gasteiger charge is -2.13. The second-order valence-corrected chi connectivity index (χ2v) is 4.24. The Hall–Kier alpha value is -1.38. The fourth-order valence-electron chi connectivity index (χ4n) is 1.47. The van der Waals surface area contributed by atoms with Crippen molar-refractivity contribution < 1.29 is 4.74 Å². The normalized spacial score (nSPS) is 10.5. The van der Waals surface area contributed by atoms with E-state index in [9.17, 15) is 0 Å². The molecule has 0 fully saturated rings. The number of ether oxygens (including phenoxy) is 1. The fraction of sp³-hybridized carbons (Fsp3) is 0.538. The SMILES string of the molecule is CCCCNc1cc(N)cc(OC(C)C)c1. The molecule has 1 aromatic carbocycles. The molecule has 0 saturated heterocycles. The zero-order valence-corrected chi connectivity index (χ0v) is 10.4. The van der Waals surface area contributed by atoms with Gasteiger partial charge < -0.3 is 15.8 Å². The first kappa shape index (κ1) is 12.7. The Morgan fingerprint density at radius 1 is 1.31 bits per heavy atom. The van der Waals surface area contributed by atoms with Crippen LogP contribution in [0.1, 0.15) is 33.6 Å². The van der Waals surface area contributed by atoms with E-state index in [1.54, 1.807) is 0 Å². The van der Waals surface area contributed by atoms with E-state index in [-0.39, 0.29) is 6.10 Å². The van der Waals surface area contributed by atoms with Crippen molar-refractivity contribution in [3.8, 4) is 5.75 Å². The summed E-state index contributed by atoms with van der Waals surface area (Å²) in [4.78, 5) is 0. The van der Waals surface area contributed by atoms with Crippen LogP contribution in [0.25, 0.3) is 0 Å². The highest BCUT2D eigenvalue weighted by atomic mass is 16.5. The number of anilines is 2. The molecule has 3 N–H and O–H groups in total. The predicted molar refractivity (Wildman–Crippen MR) is 70.0 cm³/mol. The molecule has 0 saturated carbocycles. The van der Waals surface area contributed by atoms with Gasteiger partial charge in [0.25, 0.3) is 0 Å². The number of hydrogen-bond donors (Lipinski definition) is 2. The molecule has 16 heavy (non-hydrogen) atoms. The van der Waals surface area contributed by atoms with Gasteiger partial charge in [-0.25, -0.2) is 0 Å². The molecule has 1 aromatic rings. The standard InChI is InChI=1S/C13H22N2O/c1-4-5-6-15-12-7-11(14)8-13(9-12)16-10(2)3/h7-10,15H,4-6,14H2,1-3H3. The second kappa shape index (κ2) is 6.26. The molecule has 0 unspecified atom stereocenters. The molecule has 0 radical (unpaired) electrons. The van der Waals surface area contributed by atoms with Crippen molar-refractivity contribution in [1.82, 2.24) is 0 Å². The minimum Gasteiger partial charge on any atom is -0.491 e. The van der Waals surface area contributed by atoms with Crippen molar-refractivity contribution >= 4 is 11.4 Å². The average Bonchev–Trinajstić information content (AvgIpc) is 2.16. The van der Waals surface area contributed by atoms with E-state index in [1.165, 1.54) is 6.42 Å². The Kier molecular flexibility index (Phi) is 4.96. The van der Waals surface area contributed by atoms with Gasteiger partial charge in [-0.1, -0.05) is 13.3 Å². The van der Waals surface area contributed by atoms with E-state index in [4.69, 9.17) is 10.5 Å². The van der Waals surface area contributed by atoms with Gasteiger partial charge in [-0.05, 0) is 26.3 Å². The molecule has 1 rings (SSSR count). The van der Waals surface area contributed by atoms with Gasteiger partial charge in [0.05, 0.1) is 6.10 Å². The van der Waals surface area contributed by atoms with Gasteiger partial charge in [0.1, 0.15) is 5.75 Å². The summed E-state index contributed by atoms with van der Waals surface area (Å²) in [6, 6.07) is 5.78. The molecule has 3 heteroatoms. The Bertz CT molecular complexity index is 324. The minimum absolute atomic E-state index is 0.172. The molecule has 0 aliphatic rings. The van der Waals surface area contributed by atoms with Crippen molar-refractivity contribution in [3.05, 3.63) is 18.2 Å². The van der Waals surface area contributed by atoms with Gasteiger partial charge in [0, 0.05) is 30.1 Å². The Morgan fingerprint density at radius 2 is 2.06 bits per heavy atom. The molecular weight excluding hydrogens is 200 g/mol. The fourth-order valence-corrected chi connectivity index (χ4v) is 1.47. The molecule has 0 spiro atoms. The summed E-state index contributed by atoms with van der Waals surface area (Å²) in [5, 5.41) is 3.34. The summed E-state index contributed by atoms with van der Waals surface area (Å²) in [5.41, 5.74) is 7.58. The maximum absolute atomic E-state index is 5.82. The number of unbranched alkanes of at least 4 members (excludes halogenated alkanes) is 1. The topological polar surface area (TPSA) is 47.3 Å². The lowest BCUT2D eigenvalue weighted by Crippen LogP contribution is -2.07. The summed E-state index contributed by atoms with van der Waals surface area (Å²) in [7, 11) is 0. The van der Waals surface area contributed by atoms with E-state index in [2.05, 4.69) is 12.2 Å². The van der Waals surface area contributed by atoms with Crippen LogP contribution in [0.2, 0.25) is 0 Å². The number of nitrogen functional groups attached to an aromatic ring is 1. The summed E-state index contributed by atoms with van der Waals surface area (Å²) < 4.78 is 5.62. The van der Waals surface area contributed by atoms with E-state index in [1.807, 2.05) is 32.0 Å². The molecule has 0 bridgehead atoms. The van der Waals surface area contributed by atoms with Crippen LogP contribution >= 0.6 is 0 Å². The molecule has 0 aliphatic heterocycles. The van der Waals surface area contributed by atoms with E-state index in [0.717, 1.165) is 30.1 Å². The average molecular weight is 222 g/mol. The van der Waals surface area contributed by atoms with E-state index < -0.39 is 0 Å². The van der Waals surface area contributed by atoms with Crippen LogP contribution in [-0.2, 0) is 0 Å². The van der Waals surface area contributed by atoms with Crippen LogP contribution in [-0.4, -0.2) is 12.6 Å².